The zero-order valence-corrected chi connectivity index (χ0v) is 22.1. The fourth-order valence-electron chi connectivity index (χ4n) is 7.28. The van der Waals surface area contributed by atoms with Gasteiger partial charge in [-0.1, -0.05) is 19.0 Å². The van der Waals surface area contributed by atoms with Gasteiger partial charge in [0.05, 0.1) is 18.8 Å². The van der Waals surface area contributed by atoms with E-state index in [-0.39, 0.29) is 30.8 Å². The molecule has 208 valence electrons. The number of nitrogens with one attached hydrogen (secondary N) is 1. The fraction of sp³-hybridized carbons (Fsp3) is 0.840. The Bertz CT molecular complexity index is 1250. The maximum atomic E-state index is 12.4. The molecule has 1 spiro atoms. The summed E-state index contributed by atoms with van der Waals surface area (Å²) in [6.45, 7) is 7.95. The van der Waals surface area contributed by atoms with Crippen LogP contribution < -0.4 is 11.2 Å². The van der Waals surface area contributed by atoms with E-state index < -0.39 is 53.6 Å². The van der Waals surface area contributed by atoms with E-state index in [9.17, 15) is 9.59 Å². The van der Waals surface area contributed by atoms with Crippen LogP contribution in [0.15, 0.2) is 20.9 Å². The molecule has 1 aliphatic carbocycles. The highest BCUT2D eigenvalue weighted by atomic mass is 17.3. The number of aromatic amines is 1. The Morgan fingerprint density at radius 3 is 2.82 bits per heavy atom. The van der Waals surface area contributed by atoms with Crippen LogP contribution in [-0.4, -0.2) is 52.3 Å². The molecule has 6 heterocycles. The van der Waals surface area contributed by atoms with Crippen molar-refractivity contribution in [2.75, 3.05) is 6.61 Å². The monoisotopic (exact) mass is 533 g/mol. The van der Waals surface area contributed by atoms with Crippen LogP contribution in [0.25, 0.3) is 10.4 Å². The summed E-state index contributed by atoms with van der Waals surface area (Å²) in [5.74, 6) is -0.0631. The van der Waals surface area contributed by atoms with Gasteiger partial charge in [-0.15, -0.1) is 0 Å². The van der Waals surface area contributed by atoms with Gasteiger partial charge in [-0.25, -0.2) is 14.6 Å². The second kappa shape index (κ2) is 9.44. The third-order valence-corrected chi connectivity index (χ3v) is 9.38. The molecular weight excluding hydrogens is 498 g/mol. The summed E-state index contributed by atoms with van der Waals surface area (Å²) in [7, 11) is 0. The highest BCUT2D eigenvalue weighted by Gasteiger charge is 2.69. The van der Waals surface area contributed by atoms with Crippen molar-refractivity contribution >= 4 is 0 Å². The number of H-pyrrole nitrogens is 1. The molecule has 1 aromatic rings. The van der Waals surface area contributed by atoms with Crippen molar-refractivity contribution < 1.29 is 28.7 Å². The maximum Gasteiger partial charge on any atom is 0.330 e. The van der Waals surface area contributed by atoms with Crippen LogP contribution >= 0.6 is 0 Å². The van der Waals surface area contributed by atoms with E-state index in [2.05, 4.69) is 28.9 Å². The summed E-state index contributed by atoms with van der Waals surface area (Å²) in [6.07, 6.45) is 2.89. The van der Waals surface area contributed by atoms with Gasteiger partial charge in [0, 0.05) is 41.3 Å². The molecule has 6 aliphatic rings. The molecule has 38 heavy (non-hydrogen) atoms. The predicted octanol–water partition coefficient (Wildman–Crippen LogP) is 3.04. The molecule has 7 rings (SSSR count). The number of rotatable bonds is 5. The smallest absolute Gasteiger partial charge is 0.330 e. The van der Waals surface area contributed by atoms with Gasteiger partial charge in [0.2, 0.25) is 5.79 Å². The molecule has 11 atom stereocenters. The first kappa shape index (κ1) is 26.0. The van der Waals surface area contributed by atoms with Crippen LogP contribution in [0.5, 0.6) is 0 Å². The van der Waals surface area contributed by atoms with Gasteiger partial charge in [-0.05, 0) is 50.5 Å². The Labute approximate surface area is 219 Å². The molecular formula is C25H35N5O8. The molecule has 0 radical (unpaired) electrons. The number of nitrogens with zero attached hydrogens (tertiary/aromatic N) is 4. The van der Waals surface area contributed by atoms with E-state index in [1.54, 1.807) is 6.92 Å². The number of aryl methyl sites for hydroxylation is 1. The van der Waals surface area contributed by atoms with E-state index in [1.165, 1.54) is 10.8 Å². The van der Waals surface area contributed by atoms with Gasteiger partial charge in [0.25, 0.3) is 5.56 Å². The second-order valence-corrected chi connectivity index (χ2v) is 11.7. The first-order valence-corrected chi connectivity index (χ1v) is 13.5. The van der Waals surface area contributed by atoms with E-state index in [0.717, 1.165) is 25.7 Å². The van der Waals surface area contributed by atoms with Crippen molar-refractivity contribution in [3.63, 3.8) is 0 Å². The summed E-state index contributed by atoms with van der Waals surface area (Å²) in [4.78, 5) is 41.5. The van der Waals surface area contributed by atoms with Gasteiger partial charge >= 0.3 is 5.69 Å². The summed E-state index contributed by atoms with van der Waals surface area (Å²) in [5, 5.41) is 3.90. The SMILES string of the molecule is Cc1cn([C@H]2C[C@H](N=[N+]=[N-])[C@@H](CO[C@H]3OC4O[C@]5(C)CC[C@H]6[C@H](C)CC[C@@H]([C@H]3C)[C@@]46OO5)O2)c(=O)[nH]c1=O. The van der Waals surface area contributed by atoms with Crippen molar-refractivity contribution in [2.45, 2.75) is 102 Å². The summed E-state index contributed by atoms with van der Waals surface area (Å²) in [5.41, 5.74) is 7.80. The molecule has 5 saturated heterocycles. The van der Waals surface area contributed by atoms with Crippen molar-refractivity contribution in [1.82, 2.24) is 9.55 Å². The summed E-state index contributed by atoms with van der Waals surface area (Å²) >= 11 is 0. The molecule has 1 unspecified atom stereocenters. The van der Waals surface area contributed by atoms with Crippen LogP contribution in [0.1, 0.15) is 64.7 Å². The highest BCUT2D eigenvalue weighted by molar-refractivity contribution is 5.09. The Balaban J connectivity index is 1.21. The quantitative estimate of drug-likeness (QED) is 0.262. The molecule has 0 aromatic carbocycles. The number of hydrogen-bond acceptors (Lipinski definition) is 9. The topological polar surface area (TPSA) is 159 Å². The van der Waals surface area contributed by atoms with Crippen molar-refractivity contribution in [3.8, 4) is 0 Å². The number of aromatic nitrogens is 2. The van der Waals surface area contributed by atoms with Crippen LogP contribution in [0.3, 0.4) is 0 Å². The van der Waals surface area contributed by atoms with E-state index in [1.807, 2.05) is 6.92 Å². The maximum absolute atomic E-state index is 12.4. The lowest BCUT2D eigenvalue weighted by atomic mass is 9.58. The average molecular weight is 534 g/mol. The van der Waals surface area contributed by atoms with Gasteiger partial charge in [-0.3, -0.25) is 14.3 Å². The third kappa shape index (κ3) is 4.03. The summed E-state index contributed by atoms with van der Waals surface area (Å²) in [6, 6.07) is -0.560. The van der Waals surface area contributed by atoms with E-state index in [4.69, 9.17) is 34.3 Å². The second-order valence-electron chi connectivity index (χ2n) is 11.7. The zero-order chi connectivity index (χ0) is 26.8. The number of hydrogen-bond donors (Lipinski definition) is 1. The molecule has 5 aliphatic heterocycles. The standard InChI is InChI=1S/C25H35N5O8/c1-12-5-6-16-14(3)21(35-22-25(16)15(12)7-8-24(4,36-22)37-38-25)33-11-18-17(28-29-26)9-19(34-18)30-10-13(2)20(31)27-23(30)32/h10,12,14-19,21-22H,5-9,11H2,1-4H3,(H,27,31,32)/t12-,14-,15+,16+,17+,18-,19-,21+,22?,24+,25-/m1/s1. The van der Waals surface area contributed by atoms with Crippen LogP contribution in [0.2, 0.25) is 0 Å². The molecule has 13 nitrogen and oxygen atoms in total. The van der Waals surface area contributed by atoms with Gasteiger partial charge in [-0.2, -0.15) is 0 Å². The van der Waals surface area contributed by atoms with Crippen LogP contribution in [0.4, 0.5) is 0 Å². The highest BCUT2D eigenvalue weighted by Crippen LogP contribution is 2.60. The largest absolute Gasteiger partial charge is 0.352 e. The number of fused-ring (bicyclic) bond motifs is 2. The van der Waals surface area contributed by atoms with Crippen molar-refractivity contribution in [1.29, 1.82) is 0 Å². The Morgan fingerprint density at radius 1 is 1.21 bits per heavy atom. The first-order valence-electron chi connectivity index (χ1n) is 13.5. The minimum atomic E-state index is -0.876. The predicted molar refractivity (Wildman–Crippen MR) is 130 cm³/mol. The average Bonchev–Trinajstić information content (AvgIpc) is 3.13. The minimum Gasteiger partial charge on any atom is -0.352 e. The van der Waals surface area contributed by atoms with Gasteiger partial charge in [0.15, 0.2) is 18.2 Å². The van der Waals surface area contributed by atoms with E-state index >= 15 is 0 Å². The third-order valence-electron chi connectivity index (χ3n) is 9.38. The van der Waals surface area contributed by atoms with Crippen LogP contribution in [-0.2, 0) is 28.7 Å². The van der Waals surface area contributed by atoms with E-state index in [0.29, 0.717) is 11.5 Å². The molecule has 2 bridgehead atoms. The molecule has 1 aromatic heterocycles. The zero-order valence-electron chi connectivity index (χ0n) is 22.1. The van der Waals surface area contributed by atoms with Gasteiger partial charge < -0.3 is 18.9 Å². The lowest BCUT2D eigenvalue weighted by Gasteiger charge is -2.60. The lowest BCUT2D eigenvalue weighted by molar-refractivity contribution is -0.577. The molecule has 6 fully saturated rings. The number of azide groups is 1. The van der Waals surface area contributed by atoms with Gasteiger partial charge in [0.1, 0.15) is 6.23 Å². The molecule has 0 amide bonds. The Kier molecular flexibility index (Phi) is 6.46. The molecule has 1 N–H and O–H groups in total. The van der Waals surface area contributed by atoms with Crippen LogP contribution in [0, 0.1) is 30.6 Å². The number of ether oxygens (including phenoxy) is 4. The first-order chi connectivity index (χ1) is 18.1. The Morgan fingerprint density at radius 2 is 2.03 bits per heavy atom. The normalized spacial score (nSPS) is 45.7. The minimum absolute atomic E-state index is 0.0181. The van der Waals surface area contributed by atoms with Crippen molar-refractivity contribution in [2.24, 2.45) is 28.8 Å². The Hall–Kier alpha value is -2.25. The lowest BCUT2D eigenvalue weighted by Crippen LogP contribution is -2.70. The molecule has 1 saturated carbocycles. The molecule has 13 heteroatoms. The fourth-order valence-corrected chi connectivity index (χ4v) is 7.28. The van der Waals surface area contributed by atoms with Crippen molar-refractivity contribution in [3.05, 3.63) is 43.0 Å². The summed E-state index contributed by atoms with van der Waals surface area (Å²) < 4.78 is 26.6.